The summed E-state index contributed by atoms with van der Waals surface area (Å²) >= 11 is 6.90. The van der Waals surface area contributed by atoms with E-state index in [0.717, 1.165) is 34.0 Å². The molecule has 0 saturated carbocycles. The minimum absolute atomic E-state index is 0.0211. The van der Waals surface area contributed by atoms with Crippen molar-refractivity contribution in [1.82, 2.24) is 76.4 Å². The molecule has 1 fully saturated rings. The second-order valence-corrected chi connectivity index (χ2v) is 25.6. The molecule has 6 amide bonds. The van der Waals surface area contributed by atoms with Gasteiger partial charge in [-0.25, -0.2) is 40.0 Å². The molecule has 32 heteroatoms. The number of aliphatic hydroxyl groups is 2. The number of aryl methyl sites for hydroxylation is 1. The summed E-state index contributed by atoms with van der Waals surface area (Å²) in [6.07, 6.45) is -2.82. The van der Waals surface area contributed by atoms with E-state index >= 15 is 4.79 Å². The van der Waals surface area contributed by atoms with Crippen LogP contribution in [0.2, 0.25) is 0 Å². The van der Waals surface area contributed by atoms with Crippen molar-refractivity contribution < 1.29 is 43.7 Å². The fraction of sp³-hybridized carbons (Fsp3) is 0.236. The molecule has 0 spiro atoms. The first-order chi connectivity index (χ1) is 42.0. The number of aromatic nitrogens is 11. The smallest absolute Gasteiger partial charge is 0.271 e. The predicted octanol–water partition coefficient (Wildman–Crippen LogP) is 5.77. The third kappa shape index (κ3) is 12.4. The first-order valence-electron chi connectivity index (χ1n) is 26.5. The molecule has 10 N–H and O–H groups in total. The molecule has 10 heterocycles. The molecular formula is C55H47N17O9S6. The molecule has 0 aliphatic carbocycles. The molecule has 10 bridgehead atoms. The number of thiazole rings is 6. The highest BCUT2D eigenvalue weighted by Gasteiger charge is 2.45. The second-order valence-electron chi connectivity index (χ2n) is 20.0. The number of hydrogen-bond donors (Lipinski definition) is 8. The van der Waals surface area contributed by atoms with E-state index in [1.807, 2.05) is 6.92 Å². The fourth-order valence-electron chi connectivity index (χ4n) is 9.79. The quantitative estimate of drug-likeness (QED) is 0.0761. The van der Waals surface area contributed by atoms with Gasteiger partial charge < -0.3 is 47.3 Å². The number of tetrazole rings is 1. The van der Waals surface area contributed by atoms with Crippen LogP contribution in [-0.4, -0.2) is 125 Å². The van der Waals surface area contributed by atoms with Crippen molar-refractivity contribution in [2.45, 2.75) is 69.7 Å². The number of pyridine rings is 1. The van der Waals surface area contributed by atoms with Crippen molar-refractivity contribution in [2.24, 2.45) is 17.4 Å². The zero-order valence-corrected chi connectivity index (χ0v) is 50.3. The fourth-order valence-corrected chi connectivity index (χ4v) is 15.1. The van der Waals surface area contributed by atoms with E-state index in [1.54, 1.807) is 84.4 Å². The summed E-state index contributed by atoms with van der Waals surface area (Å²) in [6.45, 7) is 3.43. The van der Waals surface area contributed by atoms with E-state index in [4.69, 9.17) is 36.1 Å². The number of carbonyl (C=O) groups excluding carboxylic acids is 6. The van der Waals surface area contributed by atoms with Gasteiger partial charge in [0, 0.05) is 56.2 Å². The molecule has 0 radical (unpaired) electrons. The van der Waals surface area contributed by atoms with Gasteiger partial charge in [-0.2, -0.15) is 0 Å². The Morgan fingerprint density at radius 3 is 2.13 bits per heavy atom. The van der Waals surface area contributed by atoms with Gasteiger partial charge in [0.2, 0.25) is 11.8 Å². The lowest BCUT2D eigenvalue weighted by Crippen LogP contribution is -2.50. The average Bonchev–Trinajstić information content (AvgIpc) is 2.40. The standard InChI is InChI=1S/C55H47N17O9S6/c1-23-37(73)16-72-43(23)54-65-36(22-86-54)51-61-32(18-83-51)41-28(12-13-29(58-41)50-62-33(19-84-50)45(57)76)49-63-34(20-82-49)46(77)59-30(15-38(56)74)52-67-40(24(2)87-52)48(79)66-42(44(75)26-6-4-3-5-7-26)53-64-35(21-85-53)47(78)60-31(55(72)80)14-25-8-10-27(11-9-25)81-17-39-68-70-71-69-39/h3-13,18-23,30-31,37,42-44,73,75H,14-17H2,1-2H3,(H2,56,74)(H2,57,76)(H,59,77)(H,60,78)(H,66,79)(H,68,69,70,71)/t23-,30-,31-,37-,42-,43+,44+/m0/s1. The molecule has 442 valence electrons. The van der Waals surface area contributed by atoms with E-state index in [-0.39, 0.29) is 52.4 Å². The molecule has 0 unspecified atom stereocenters. The number of fused-ring (bicyclic) bond motifs is 16. The van der Waals surface area contributed by atoms with Gasteiger partial charge >= 0.3 is 0 Å². The third-order valence-corrected chi connectivity index (χ3v) is 19.8. The lowest BCUT2D eigenvalue weighted by atomic mass is 10.00. The van der Waals surface area contributed by atoms with E-state index in [9.17, 15) is 34.2 Å². The minimum Gasteiger partial charge on any atom is -0.486 e. The Labute approximate surface area is 516 Å². The molecule has 10 aromatic rings. The highest BCUT2D eigenvalue weighted by molar-refractivity contribution is 7.15. The van der Waals surface area contributed by atoms with Gasteiger partial charge in [-0.15, -0.1) is 73.1 Å². The largest absolute Gasteiger partial charge is 0.486 e. The molecule has 12 rings (SSSR count). The summed E-state index contributed by atoms with van der Waals surface area (Å²) in [5.41, 5.74) is 14.3. The number of primary amides is 2. The highest BCUT2D eigenvalue weighted by atomic mass is 32.1. The Morgan fingerprint density at radius 1 is 0.701 bits per heavy atom. The van der Waals surface area contributed by atoms with Gasteiger partial charge in [0.05, 0.1) is 30.3 Å². The summed E-state index contributed by atoms with van der Waals surface area (Å²) in [5, 5.41) is 56.0. The first kappa shape index (κ1) is 58.4. The number of amides is 6. The maximum atomic E-state index is 15.3. The second kappa shape index (κ2) is 24.8. The summed E-state index contributed by atoms with van der Waals surface area (Å²) < 4.78 is 5.85. The number of ether oxygens (including phenoxy) is 1. The molecular weight excluding hydrogens is 1240 g/mol. The molecule has 2 aliphatic rings. The summed E-state index contributed by atoms with van der Waals surface area (Å²) in [6, 6.07) is 14.5. The van der Waals surface area contributed by atoms with E-state index in [0.29, 0.717) is 75.9 Å². The number of H-pyrrole nitrogens is 1. The Hall–Kier alpha value is -9.02. The van der Waals surface area contributed by atoms with Crippen molar-refractivity contribution in [3.05, 3.63) is 153 Å². The van der Waals surface area contributed by atoms with Crippen LogP contribution in [0.4, 0.5) is 0 Å². The first-order valence-corrected chi connectivity index (χ1v) is 31.7. The Bertz CT molecular complexity index is 4220. The number of carbonyl (C=O) groups is 6. The van der Waals surface area contributed by atoms with E-state index in [2.05, 4.69) is 51.5 Å². The molecule has 8 aromatic heterocycles. The van der Waals surface area contributed by atoms with Crippen LogP contribution in [0.3, 0.4) is 0 Å². The molecule has 87 heavy (non-hydrogen) atoms. The Kier molecular flexibility index (Phi) is 16.6. The normalized spacial score (nSPS) is 19.4. The van der Waals surface area contributed by atoms with Crippen LogP contribution in [0.15, 0.2) is 93.6 Å². The number of hydrogen-bond acceptors (Lipinski definition) is 25. The summed E-state index contributed by atoms with van der Waals surface area (Å²) in [4.78, 5) is 119. The maximum Gasteiger partial charge on any atom is 0.271 e. The van der Waals surface area contributed by atoms with Gasteiger partial charge in [-0.3, -0.25) is 28.8 Å². The van der Waals surface area contributed by atoms with Crippen LogP contribution in [0.25, 0.3) is 43.4 Å². The number of aromatic amines is 1. The number of nitrogens with two attached hydrogens (primary N) is 2. The number of nitrogens with one attached hydrogen (secondary N) is 4. The van der Waals surface area contributed by atoms with Crippen LogP contribution in [-0.2, 0) is 22.6 Å². The van der Waals surface area contributed by atoms with Gasteiger partial charge in [-0.05, 0) is 52.7 Å². The van der Waals surface area contributed by atoms with Crippen LogP contribution >= 0.6 is 68.0 Å². The van der Waals surface area contributed by atoms with Gasteiger partial charge in [0.25, 0.3) is 23.6 Å². The average molecular weight is 1280 g/mol. The highest BCUT2D eigenvalue weighted by Crippen LogP contribution is 2.43. The van der Waals surface area contributed by atoms with E-state index < -0.39 is 84.2 Å². The minimum atomic E-state index is -1.41. The Morgan fingerprint density at radius 2 is 1.38 bits per heavy atom. The lowest BCUT2D eigenvalue weighted by Gasteiger charge is -2.29. The number of benzene rings is 2. The molecule has 1 saturated heterocycles. The monoisotopic (exact) mass is 1280 g/mol. The molecule has 2 aliphatic heterocycles. The Balaban J connectivity index is 0.947. The van der Waals surface area contributed by atoms with Crippen LogP contribution in [0.1, 0.15) is 116 Å². The van der Waals surface area contributed by atoms with Crippen molar-refractivity contribution in [1.29, 1.82) is 0 Å². The topological polar surface area (TPSA) is 388 Å². The van der Waals surface area contributed by atoms with E-state index in [1.165, 1.54) is 55.1 Å². The van der Waals surface area contributed by atoms with Crippen molar-refractivity contribution in [3.63, 3.8) is 0 Å². The van der Waals surface area contributed by atoms with Crippen LogP contribution < -0.4 is 32.2 Å². The number of rotatable bonds is 11. The van der Waals surface area contributed by atoms with Crippen molar-refractivity contribution in [3.8, 4) is 49.1 Å². The molecule has 7 atom stereocenters. The van der Waals surface area contributed by atoms with Crippen molar-refractivity contribution in [2.75, 3.05) is 6.54 Å². The zero-order valence-electron chi connectivity index (χ0n) is 45.4. The number of aliphatic hydroxyl groups excluding tert-OH is 2. The van der Waals surface area contributed by atoms with Gasteiger partial charge in [0.15, 0.2) is 5.82 Å². The summed E-state index contributed by atoms with van der Waals surface area (Å²) in [5.74, 6) is -3.81. The predicted molar refractivity (Wildman–Crippen MR) is 321 cm³/mol. The lowest BCUT2D eigenvalue weighted by molar-refractivity contribution is -0.134. The summed E-state index contributed by atoms with van der Waals surface area (Å²) in [7, 11) is 0. The third-order valence-electron chi connectivity index (χ3n) is 14.2. The maximum absolute atomic E-state index is 15.3. The van der Waals surface area contributed by atoms with Crippen molar-refractivity contribution >= 4 is 103 Å². The number of nitrogens with zero attached hydrogens (tertiary/aromatic N) is 11. The van der Waals surface area contributed by atoms with Gasteiger partial charge in [0.1, 0.15) is 100 Å². The van der Waals surface area contributed by atoms with Gasteiger partial charge in [-0.1, -0.05) is 49.4 Å². The van der Waals surface area contributed by atoms with Crippen LogP contribution in [0, 0.1) is 12.8 Å². The van der Waals surface area contributed by atoms with Crippen LogP contribution in [0.5, 0.6) is 5.75 Å². The zero-order chi connectivity index (χ0) is 60.6. The molecule has 2 aromatic carbocycles. The molecule has 26 nitrogen and oxygen atoms in total. The SMILES string of the molecule is Cc1sc2nc1C(=O)N[C@@H]([C@H](O)c1ccccc1)c1nc(cs1)C(=O)N[C@@H](Cc1ccc(OCc3nnn[nH]3)cc1)C(=O)N1C[C@H](O)[C@H](C)[C@@H]1c1nc(cs1)-c1nc(cs1)-c1nc(-c3nc(C(N)=O)cs3)ccc1-c1nc(cs1)C(=O)N[C@H]2CC(N)=O.